The van der Waals surface area contributed by atoms with Crippen LogP contribution in [0.2, 0.25) is 0 Å². The van der Waals surface area contributed by atoms with Crippen molar-refractivity contribution in [2.75, 3.05) is 6.61 Å². The van der Waals surface area contributed by atoms with Crippen LogP contribution in [0.15, 0.2) is 35.5 Å². The number of hydrogen-bond donors (Lipinski definition) is 3. The molecule has 0 aromatic heterocycles. The van der Waals surface area contributed by atoms with E-state index in [9.17, 15) is 9.90 Å². The zero-order chi connectivity index (χ0) is 25.4. The smallest absolute Gasteiger partial charge is 0.246 e. The van der Waals surface area contributed by atoms with Gasteiger partial charge in [-0.15, -0.1) is 0 Å². The van der Waals surface area contributed by atoms with Gasteiger partial charge in [0.2, 0.25) is 5.91 Å². The Balaban J connectivity index is 1.37. The van der Waals surface area contributed by atoms with E-state index in [-0.39, 0.29) is 24.5 Å². The molecule has 0 aliphatic heterocycles. The van der Waals surface area contributed by atoms with Gasteiger partial charge < -0.3 is 15.5 Å². The summed E-state index contributed by atoms with van der Waals surface area (Å²) in [6, 6.07) is -0.242. The number of hydrogen-bond acceptors (Lipinski definition) is 3. The van der Waals surface area contributed by atoms with Gasteiger partial charge in [0, 0.05) is 24.0 Å². The lowest BCUT2D eigenvalue weighted by atomic mass is 9.48. The van der Waals surface area contributed by atoms with Gasteiger partial charge in [0.25, 0.3) is 0 Å². The van der Waals surface area contributed by atoms with Gasteiger partial charge in [0.1, 0.15) is 0 Å². The summed E-state index contributed by atoms with van der Waals surface area (Å²) < 4.78 is 0. The number of aliphatic hydroxyl groups is 2. The first-order valence-corrected chi connectivity index (χ1v) is 13.8. The van der Waals surface area contributed by atoms with Crippen molar-refractivity contribution >= 4 is 5.91 Å². The van der Waals surface area contributed by atoms with Crippen molar-refractivity contribution in [3.63, 3.8) is 0 Å². The summed E-state index contributed by atoms with van der Waals surface area (Å²) in [5.41, 5.74) is 2.33. The topological polar surface area (TPSA) is 69.6 Å². The Morgan fingerprint density at radius 2 is 1.69 bits per heavy atom. The minimum atomic E-state index is -0.463. The highest BCUT2D eigenvalue weighted by Gasteiger charge is 2.50. The van der Waals surface area contributed by atoms with Crippen LogP contribution in [-0.2, 0) is 4.79 Å². The average Bonchev–Trinajstić information content (AvgIpc) is 2.81. The summed E-state index contributed by atoms with van der Waals surface area (Å²) in [4.78, 5) is 11.9. The van der Waals surface area contributed by atoms with E-state index >= 15 is 0 Å². The SMILES string of the molecule is CC(=CCCC#CC=CC(C)C(O)C(C)=CCCC12CC3CC(CC(C3)C1)C2)C(=O)NC(C)CO. The third-order valence-corrected chi connectivity index (χ3v) is 8.59. The van der Waals surface area contributed by atoms with Crippen molar-refractivity contribution in [1.29, 1.82) is 0 Å². The molecule has 35 heavy (non-hydrogen) atoms. The molecule has 4 fully saturated rings. The lowest BCUT2D eigenvalue weighted by molar-refractivity contribution is -0.118. The van der Waals surface area contributed by atoms with E-state index in [1.54, 1.807) is 13.8 Å². The Kier molecular flexibility index (Phi) is 10.3. The molecule has 4 bridgehead atoms. The second-order valence-electron chi connectivity index (χ2n) is 11.9. The fourth-order valence-electron chi connectivity index (χ4n) is 7.01. The van der Waals surface area contributed by atoms with Gasteiger partial charge in [-0.2, -0.15) is 0 Å². The number of rotatable bonds is 11. The van der Waals surface area contributed by atoms with Crippen LogP contribution >= 0.6 is 0 Å². The molecule has 0 radical (unpaired) electrons. The van der Waals surface area contributed by atoms with Gasteiger partial charge in [0.15, 0.2) is 0 Å². The predicted molar refractivity (Wildman–Crippen MR) is 143 cm³/mol. The molecule has 0 spiro atoms. The number of carbonyl (C=O) groups excluding carboxylic acids is 1. The van der Waals surface area contributed by atoms with Gasteiger partial charge in [-0.1, -0.05) is 37.0 Å². The van der Waals surface area contributed by atoms with Crippen LogP contribution in [0, 0.1) is 40.9 Å². The second kappa shape index (κ2) is 12.9. The number of unbranched alkanes of at least 4 members (excludes halogenated alkanes) is 1. The maximum absolute atomic E-state index is 11.9. The van der Waals surface area contributed by atoms with E-state index in [4.69, 9.17) is 5.11 Å². The maximum Gasteiger partial charge on any atom is 0.246 e. The molecule has 4 nitrogen and oxygen atoms in total. The maximum atomic E-state index is 11.9. The predicted octanol–water partition coefficient (Wildman–Crippen LogP) is 5.71. The summed E-state index contributed by atoms with van der Waals surface area (Å²) >= 11 is 0. The summed E-state index contributed by atoms with van der Waals surface area (Å²) in [6.45, 7) is 7.57. The molecule has 4 saturated carbocycles. The Morgan fingerprint density at radius 1 is 1.06 bits per heavy atom. The minimum absolute atomic E-state index is 0.0273. The number of carbonyl (C=O) groups is 1. The molecule has 0 aromatic rings. The van der Waals surface area contributed by atoms with Crippen LogP contribution < -0.4 is 5.32 Å². The molecule has 4 heteroatoms. The largest absolute Gasteiger partial charge is 0.394 e. The standard InChI is InChI=1S/C31H47NO3/c1-22(11-8-6-5-7-9-12-24(3)30(35)32-25(4)21-33)29(34)23(2)13-10-14-31-18-26-15-27(19-31)17-28(16-26)20-31/h8,11-13,22,25-29,33-34H,7,9-10,14-21H2,1-4H3,(H,32,35). The van der Waals surface area contributed by atoms with Crippen LogP contribution in [0.3, 0.4) is 0 Å². The average molecular weight is 482 g/mol. The fourth-order valence-corrected chi connectivity index (χ4v) is 7.01. The lowest BCUT2D eigenvalue weighted by Gasteiger charge is -2.57. The number of amides is 1. The minimum Gasteiger partial charge on any atom is -0.394 e. The van der Waals surface area contributed by atoms with Crippen LogP contribution in [0.25, 0.3) is 0 Å². The summed E-state index contributed by atoms with van der Waals surface area (Å²) in [5.74, 6) is 9.04. The van der Waals surface area contributed by atoms with Gasteiger partial charge >= 0.3 is 0 Å². The number of nitrogens with one attached hydrogen (secondary N) is 1. The molecule has 3 N–H and O–H groups in total. The van der Waals surface area contributed by atoms with Crippen LogP contribution in [0.4, 0.5) is 0 Å². The van der Waals surface area contributed by atoms with E-state index in [1.807, 2.05) is 25.2 Å². The van der Waals surface area contributed by atoms with E-state index in [0.717, 1.165) is 29.7 Å². The molecular weight excluding hydrogens is 434 g/mol. The zero-order valence-corrected chi connectivity index (χ0v) is 22.4. The van der Waals surface area contributed by atoms with E-state index in [0.29, 0.717) is 23.8 Å². The molecule has 4 rings (SSSR count). The third kappa shape index (κ3) is 8.09. The van der Waals surface area contributed by atoms with E-state index < -0.39 is 6.10 Å². The first-order valence-electron chi connectivity index (χ1n) is 13.8. The van der Waals surface area contributed by atoms with Crippen molar-refractivity contribution < 1.29 is 15.0 Å². The van der Waals surface area contributed by atoms with Crippen molar-refractivity contribution in [3.05, 3.63) is 35.5 Å². The summed E-state index contributed by atoms with van der Waals surface area (Å²) in [7, 11) is 0. The molecular formula is C31H47NO3. The molecule has 0 saturated heterocycles. The van der Waals surface area contributed by atoms with E-state index in [1.165, 1.54) is 44.9 Å². The van der Waals surface area contributed by atoms with Crippen molar-refractivity contribution in [3.8, 4) is 11.8 Å². The van der Waals surface area contributed by atoms with Crippen LogP contribution in [0.1, 0.15) is 91.9 Å². The molecule has 194 valence electrons. The third-order valence-electron chi connectivity index (χ3n) is 8.59. The van der Waals surface area contributed by atoms with Gasteiger partial charge in [-0.05, 0) is 113 Å². The highest BCUT2D eigenvalue weighted by Crippen LogP contribution is 2.61. The quantitative estimate of drug-likeness (QED) is 0.153. The monoisotopic (exact) mass is 481 g/mol. The van der Waals surface area contributed by atoms with Gasteiger partial charge in [-0.25, -0.2) is 0 Å². The zero-order valence-electron chi connectivity index (χ0n) is 22.4. The Morgan fingerprint density at radius 3 is 2.29 bits per heavy atom. The van der Waals surface area contributed by atoms with Crippen molar-refractivity contribution in [2.24, 2.45) is 29.1 Å². The Bertz CT molecular complexity index is 836. The first-order chi connectivity index (χ1) is 16.7. The van der Waals surface area contributed by atoms with Crippen molar-refractivity contribution in [2.45, 2.75) is 104 Å². The van der Waals surface area contributed by atoms with Crippen molar-refractivity contribution in [1.82, 2.24) is 5.32 Å². The van der Waals surface area contributed by atoms with Gasteiger partial charge in [0.05, 0.1) is 12.7 Å². The van der Waals surface area contributed by atoms with Crippen LogP contribution in [0.5, 0.6) is 0 Å². The number of allylic oxidation sites excluding steroid dienone is 3. The Hall–Kier alpha value is -1.83. The molecule has 4 aliphatic carbocycles. The number of aliphatic hydroxyl groups excluding tert-OH is 2. The Labute approximate surface area is 213 Å². The van der Waals surface area contributed by atoms with Crippen LogP contribution in [-0.4, -0.2) is 34.9 Å². The molecule has 3 atom stereocenters. The second-order valence-corrected chi connectivity index (χ2v) is 11.9. The molecule has 0 aromatic carbocycles. The normalized spacial score (nSPS) is 30.6. The van der Waals surface area contributed by atoms with Gasteiger partial charge in [-0.3, -0.25) is 4.79 Å². The highest BCUT2D eigenvalue weighted by atomic mass is 16.3. The molecule has 4 aliphatic rings. The molecule has 1 amide bonds. The molecule has 0 heterocycles. The lowest BCUT2D eigenvalue weighted by Crippen LogP contribution is -2.45. The fraction of sp³-hybridized carbons (Fsp3) is 0.710. The molecule has 3 unspecified atom stereocenters. The van der Waals surface area contributed by atoms with E-state index in [2.05, 4.69) is 30.2 Å². The summed E-state index contributed by atoms with van der Waals surface area (Å²) in [5, 5.41) is 22.5. The first kappa shape index (κ1) is 27.8. The summed E-state index contributed by atoms with van der Waals surface area (Å²) in [6.07, 6.45) is 20.1. The highest BCUT2D eigenvalue weighted by molar-refractivity contribution is 5.92.